The Kier molecular flexibility index (Phi) is 3.75. The first kappa shape index (κ1) is 10.9. The highest BCUT2D eigenvalue weighted by atomic mass is 16.5. The molecule has 0 atom stereocenters. The standard InChI is InChI=1S/C12H17N3O/c1-2-3-4-5-9-16-11-8-6-7-10-12(11)14-15-13-10/h6-8H,2-5,9H2,1H3,(H,13,14,15). The van der Waals surface area contributed by atoms with Crippen LogP contribution in [0.15, 0.2) is 18.2 Å². The van der Waals surface area contributed by atoms with Crippen LogP contribution in [0.2, 0.25) is 0 Å². The van der Waals surface area contributed by atoms with Crippen molar-refractivity contribution in [3.05, 3.63) is 18.2 Å². The maximum atomic E-state index is 5.70. The van der Waals surface area contributed by atoms with E-state index in [9.17, 15) is 0 Å². The quantitative estimate of drug-likeness (QED) is 0.760. The van der Waals surface area contributed by atoms with Gasteiger partial charge in [-0.15, -0.1) is 5.10 Å². The van der Waals surface area contributed by atoms with E-state index in [0.29, 0.717) is 0 Å². The summed E-state index contributed by atoms with van der Waals surface area (Å²) >= 11 is 0. The summed E-state index contributed by atoms with van der Waals surface area (Å²) in [6, 6.07) is 5.83. The largest absolute Gasteiger partial charge is 0.491 e. The lowest BCUT2D eigenvalue weighted by Crippen LogP contribution is -1.97. The summed E-state index contributed by atoms with van der Waals surface area (Å²) in [6.45, 7) is 2.96. The van der Waals surface area contributed by atoms with E-state index < -0.39 is 0 Å². The molecule has 1 heterocycles. The molecule has 0 aliphatic carbocycles. The van der Waals surface area contributed by atoms with Crippen LogP contribution in [0.3, 0.4) is 0 Å². The van der Waals surface area contributed by atoms with Gasteiger partial charge in [0, 0.05) is 0 Å². The lowest BCUT2D eigenvalue weighted by atomic mass is 10.2. The predicted octanol–water partition coefficient (Wildman–Crippen LogP) is 2.92. The Hall–Kier alpha value is -1.58. The van der Waals surface area contributed by atoms with Crippen LogP contribution in [0, 0.1) is 0 Å². The molecule has 1 N–H and O–H groups in total. The molecule has 0 unspecified atom stereocenters. The monoisotopic (exact) mass is 219 g/mol. The molecule has 0 bridgehead atoms. The molecule has 0 saturated heterocycles. The fraction of sp³-hybridized carbons (Fsp3) is 0.500. The molecule has 0 spiro atoms. The van der Waals surface area contributed by atoms with Crippen LogP contribution < -0.4 is 4.74 Å². The topological polar surface area (TPSA) is 50.8 Å². The maximum absolute atomic E-state index is 5.70. The van der Waals surface area contributed by atoms with Gasteiger partial charge in [-0.1, -0.05) is 37.5 Å². The number of aromatic amines is 1. The van der Waals surface area contributed by atoms with Crippen molar-refractivity contribution < 1.29 is 4.74 Å². The third-order valence-corrected chi connectivity index (χ3v) is 2.57. The van der Waals surface area contributed by atoms with E-state index in [1.165, 1.54) is 19.3 Å². The van der Waals surface area contributed by atoms with Crippen molar-refractivity contribution in [1.82, 2.24) is 15.4 Å². The van der Waals surface area contributed by atoms with Crippen LogP contribution in [0.25, 0.3) is 11.0 Å². The van der Waals surface area contributed by atoms with Crippen LogP contribution in [-0.4, -0.2) is 22.0 Å². The lowest BCUT2D eigenvalue weighted by Gasteiger charge is -2.05. The number of aromatic nitrogens is 3. The van der Waals surface area contributed by atoms with Gasteiger partial charge in [-0.25, -0.2) is 0 Å². The molecule has 16 heavy (non-hydrogen) atoms. The number of nitrogens with one attached hydrogen (secondary N) is 1. The minimum absolute atomic E-state index is 0.756. The average Bonchev–Trinajstić information content (AvgIpc) is 2.77. The number of benzene rings is 1. The smallest absolute Gasteiger partial charge is 0.154 e. The normalized spacial score (nSPS) is 10.8. The second kappa shape index (κ2) is 5.49. The molecular formula is C12H17N3O. The molecule has 0 fully saturated rings. The molecular weight excluding hydrogens is 202 g/mol. The van der Waals surface area contributed by atoms with Gasteiger partial charge < -0.3 is 4.74 Å². The summed E-state index contributed by atoms with van der Waals surface area (Å²) in [5.41, 5.74) is 1.74. The Morgan fingerprint density at radius 2 is 2.19 bits per heavy atom. The minimum Gasteiger partial charge on any atom is -0.491 e. The van der Waals surface area contributed by atoms with E-state index in [1.807, 2.05) is 18.2 Å². The molecule has 1 aromatic heterocycles. The second-order valence-corrected chi connectivity index (χ2v) is 3.87. The third-order valence-electron chi connectivity index (χ3n) is 2.57. The Labute approximate surface area is 95.0 Å². The fourth-order valence-electron chi connectivity index (χ4n) is 1.67. The molecule has 0 amide bonds. The van der Waals surface area contributed by atoms with E-state index in [4.69, 9.17) is 4.74 Å². The maximum Gasteiger partial charge on any atom is 0.154 e. The second-order valence-electron chi connectivity index (χ2n) is 3.87. The first-order chi connectivity index (χ1) is 7.92. The molecule has 4 heteroatoms. The summed E-state index contributed by atoms with van der Waals surface area (Å²) in [5, 5.41) is 10.6. The number of rotatable bonds is 6. The van der Waals surface area contributed by atoms with Crippen LogP contribution in [0.5, 0.6) is 5.75 Å². The first-order valence-corrected chi connectivity index (χ1v) is 5.84. The van der Waals surface area contributed by atoms with Gasteiger partial charge in [0.1, 0.15) is 5.75 Å². The molecule has 4 nitrogen and oxygen atoms in total. The zero-order valence-corrected chi connectivity index (χ0v) is 9.57. The Bertz CT molecular complexity index is 439. The van der Waals surface area contributed by atoms with Crippen molar-refractivity contribution in [2.24, 2.45) is 0 Å². The molecule has 0 saturated carbocycles. The van der Waals surface area contributed by atoms with E-state index in [0.717, 1.165) is 29.8 Å². The number of hydrogen-bond acceptors (Lipinski definition) is 3. The highest BCUT2D eigenvalue weighted by Crippen LogP contribution is 2.21. The van der Waals surface area contributed by atoms with Crippen molar-refractivity contribution in [3.63, 3.8) is 0 Å². The van der Waals surface area contributed by atoms with E-state index >= 15 is 0 Å². The number of ether oxygens (including phenoxy) is 1. The summed E-state index contributed by atoms with van der Waals surface area (Å²) in [5.74, 6) is 0.822. The van der Waals surface area contributed by atoms with Gasteiger partial charge in [0.15, 0.2) is 5.52 Å². The van der Waals surface area contributed by atoms with Crippen LogP contribution in [0.4, 0.5) is 0 Å². The number of nitrogens with zero attached hydrogens (tertiary/aromatic N) is 2. The highest BCUT2D eigenvalue weighted by molar-refractivity contribution is 5.80. The SMILES string of the molecule is CCCCCCOc1cccc2[nH]nnc12. The first-order valence-electron chi connectivity index (χ1n) is 5.84. The highest BCUT2D eigenvalue weighted by Gasteiger charge is 2.04. The van der Waals surface area contributed by atoms with E-state index in [-0.39, 0.29) is 0 Å². The summed E-state index contributed by atoms with van der Waals surface area (Å²) in [6.07, 6.45) is 4.85. The van der Waals surface area contributed by atoms with Crippen molar-refractivity contribution in [3.8, 4) is 5.75 Å². The zero-order valence-electron chi connectivity index (χ0n) is 9.57. The average molecular weight is 219 g/mol. The molecule has 86 valence electrons. The van der Waals surface area contributed by atoms with Crippen molar-refractivity contribution in [2.75, 3.05) is 6.61 Å². The van der Waals surface area contributed by atoms with E-state index in [2.05, 4.69) is 22.3 Å². The summed E-state index contributed by atoms with van der Waals surface area (Å²) in [7, 11) is 0. The molecule has 1 aromatic carbocycles. The zero-order chi connectivity index (χ0) is 11.2. The van der Waals surface area contributed by atoms with Gasteiger partial charge in [0.05, 0.1) is 12.1 Å². The van der Waals surface area contributed by atoms with Gasteiger partial charge >= 0.3 is 0 Å². The number of fused-ring (bicyclic) bond motifs is 1. The Morgan fingerprint density at radius 1 is 1.25 bits per heavy atom. The van der Waals surface area contributed by atoms with Crippen LogP contribution >= 0.6 is 0 Å². The van der Waals surface area contributed by atoms with Gasteiger partial charge in [-0.3, -0.25) is 5.10 Å². The number of unbranched alkanes of at least 4 members (excludes halogenated alkanes) is 3. The predicted molar refractivity (Wildman–Crippen MR) is 63.5 cm³/mol. The molecule has 2 rings (SSSR count). The van der Waals surface area contributed by atoms with Crippen LogP contribution in [0.1, 0.15) is 32.6 Å². The van der Waals surface area contributed by atoms with E-state index in [1.54, 1.807) is 0 Å². The number of H-pyrrole nitrogens is 1. The van der Waals surface area contributed by atoms with Crippen LogP contribution in [-0.2, 0) is 0 Å². The Balaban J connectivity index is 1.91. The third kappa shape index (κ3) is 2.51. The Morgan fingerprint density at radius 3 is 3.06 bits per heavy atom. The van der Waals surface area contributed by atoms with Crippen molar-refractivity contribution >= 4 is 11.0 Å². The molecule has 0 aliphatic rings. The summed E-state index contributed by atoms with van der Waals surface area (Å²) < 4.78 is 5.70. The van der Waals surface area contributed by atoms with Crippen molar-refractivity contribution in [1.29, 1.82) is 0 Å². The van der Waals surface area contributed by atoms with Crippen molar-refractivity contribution in [2.45, 2.75) is 32.6 Å². The van der Waals surface area contributed by atoms with Gasteiger partial charge in [-0.2, -0.15) is 0 Å². The molecule has 0 aliphatic heterocycles. The molecule has 0 radical (unpaired) electrons. The van der Waals surface area contributed by atoms with Gasteiger partial charge in [0.25, 0.3) is 0 Å². The van der Waals surface area contributed by atoms with Gasteiger partial charge in [0.2, 0.25) is 0 Å². The number of hydrogen-bond donors (Lipinski definition) is 1. The molecule has 2 aromatic rings. The summed E-state index contributed by atoms with van der Waals surface area (Å²) in [4.78, 5) is 0. The van der Waals surface area contributed by atoms with Gasteiger partial charge in [-0.05, 0) is 18.6 Å². The minimum atomic E-state index is 0.756. The fourth-order valence-corrected chi connectivity index (χ4v) is 1.67. The lowest BCUT2D eigenvalue weighted by molar-refractivity contribution is 0.308.